The Morgan fingerprint density at radius 1 is 1.47 bits per heavy atom. The molecule has 0 fully saturated rings. The van der Waals surface area contributed by atoms with Crippen LogP contribution in [0.25, 0.3) is 0 Å². The zero-order valence-electron chi connectivity index (χ0n) is 10.6. The van der Waals surface area contributed by atoms with Gasteiger partial charge in [-0.25, -0.2) is 0 Å². The molecule has 0 atom stereocenters. The van der Waals surface area contributed by atoms with Crippen LogP contribution >= 0.6 is 11.8 Å². The summed E-state index contributed by atoms with van der Waals surface area (Å²) in [4.78, 5) is 11.9. The van der Waals surface area contributed by atoms with Crippen LogP contribution in [-0.4, -0.2) is 24.4 Å². The first-order valence-electron chi connectivity index (χ1n) is 5.35. The number of thioether (sulfide) groups is 1. The molecule has 0 spiro atoms. The molecule has 1 N–H and O–H groups in total. The number of benzene rings is 1. The summed E-state index contributed by atoms with van der Waals surface area (Å²) in [6, 6.07) is 5.83. The number of hydrogen-bond donors (Lipinski definition) is 1. The predicted octanol–water partition coefficient (Wildman–Crippen LogP) is 3.17. The lowest BCUT2D eigenvalue weighted by atomic mass is 9.81. The van der Waals surface area contributed by atoms with Gasteiger partial charge in [-0.05, 0) is 24.0 Å². The molecule has 0 saturated carbocycles. The zero-order valence-corrected chi connectivity index (χ0v) is 11.4. The number of carboxylic acid groups (broad SMARTS) is 1. The average molecular weight is 254 g/mol. The molecule has 4 heteroatoms. The maximum Gasteiger partial charge on any atom is 0.304 e. The first kappa shape index (κ1) is 13.9. The number of carbonyl (C=O) groups is 1. The van der Waals surface area contributed by atoms with E-state index < -0.39 is 5.97 Å². The summed E-state index contributed by atoms with van der Waals surface area (Å²) in [5.41, 5.74) is 0.646. The largest absolute Gasteiger partial charge is 0.496 e. The van der Waals surface area contributed by atoms with Crippen LogP contribution in [0.1, 0.15) is 25.8 Å². The lowest BCUT2D eigenvalue weighted by Gasteiger charge is -2.24. The molecule has 17 heavy (non-hydrogen) atoms. The molecule has 94 valence electrons. The molecule has 0 aliphatic rings. The van der Waals surface area contributed by atoms with Crippen molar-refractivity contribution in [3.05, 3.63) is 23.8 Å². The van der Waals surface area contributed by atoms with E-state index in [2.05, 4.69) is 0 Å². The fraction of sp³-hybridized carbons (Fsp3) is 0.462. The van der Waals surface area contributed by atoms with Crippen molar-refractivity contribution in [2.24, 2.45) is 0 Å². The standard InChI is InChI=1S/C13H18O3S/c1-13(2,8-12(14)15)9-5-6-10(16-3)11(7-9)17-4/h5-7H,8H2,1-4H3,(H,14,15). The van der Waals surface area contributed by atoms with Crippen LogP contribution in [0.2, 0.25) is 0 Å². The molecular formula is C13H18O3S. The van der Waals surface area contributed by atoms with Gasteiger partial charge >= 0.3 is 5.97 Å². The Hall–Kier alpha value is -1.16. The molecule has 0 bridgehead atoms. The third-order valence-corrected chi connectivity index (χ3v) is 3.52. The van der Waals surface area contributed by atoms with Crippen LogP contribution in [0.15, 0.2) is 23.1 Å². The highest BCUT2D eigenvalue weighted by Crippen LogP contribution is 2.34. The highest BCUT2D eigenvalue weighted by molar-refractivity contribution is 7.98. The zero-order chi connectivity index (χ0) is 13.1. The average Bonchev–Trinajstić information content (AvgIpc) is 2.26. The first-order valence-corrected chi connectivity index (χ1v) is 6.57. The SMILES string of the molecule is COc1ccc(C(C)(C)CC(=O)O)cc1SC. The summed E-state index contributed by atoms with van der Waals surface area (Å²) in [7, 11) is 1.64. The number of methoxy groups -OCH3 is 1. The summed E-state index contributed by atoms with van der Waals surface area (Å²) in [5.74, 6) is 0.0453. The number of hydrogen-bond acceptors (Lipinski definition) is 3. The maximum atomic E-state index is 10.8. The summed E-state index contributed by atoms with van der Waals surface area (Å²) in [6.07, 6.45) is 2.10. The second-order valence-corrected chi connectivity index (χ2v) is 5.37. The molecule has 0 amide bonds. The van der Waals surface area contributed by atoms with Gasteiger partial charge in [0.25, 0.3) is 0 Å². The lowest BCUT2D eigenvalue weighted by Crippen LogP contribution is -2.21. The predicted molar refractivity (Wildman–Crippen MR) is 70.1 cm³/mol. The Kier molecular flexibility index (Phi) is 4.46. The van der Waals surface area contributed by atoms with E-state index in [0.29, 0.717) is 0 Å². The van der Waals surface area contributed by atoms with Crippen LogP contribution < -0.4 is 4.74 Å². The molecule has 1 aromatic rings. The molecule has 0 heterocycles. The Balaban J connectivity index is 3.10. The van der Waals surface area contributed by atoms with Crippen LogP contribution in [0.4, 0.5) is 0 Å². The normalized spacial score (nSPS) is 11.3. The maximum absolute atomic E-state index is 10.8. The van der Waals surface area contributed by atoms with Gasteiger partial charge in [0.15, 0.2) is 0 Å². The van der Waals surface area contributed by atoms with Gasteiger partial charge in [-0.15, -0.1) is 11.8 Å². The summed E-state index contributed by atoms with van der Waals surface area (Å²) >= 11 is 1.60. The number of rotatable bonds is 5. The Morgan fingerprint density at radius 2 is 2.12 bits per heavy atom. The van der Waals surface area contributed by atoms with Crippen molar-refractivity contribution in [1.82, 2.24) is 0 Å². The molecule has 0 aliphatic carbocycles. The van der Waals surface area contributed by atoms with Gasteiger partial charge in [-0.2, -0.15) is 0 Å². The van der Waals surface area contributed by atoms with Crippen molar-refractivity contribution in [3.63, 3.8) is 0 Å². The van der Waals surface area contributed by atoms with E-state index in [-0.39, 0.29) is 11.8 Å². The van der Waals surface area contributed by atoms with E-state index in [1.807, 2.05) is 38.3 Å². The quantitative estimate of drug-likeness (QED) is 0.820. The molecule has 3 nitrogen and oxygen atoms in total. The van der Waals surface area contributed by atoms with E-state index in [0.717, 1.165) is 16.2 Å². The molecule has 0 saturated heterocycles. The Labute approximate surface area is 106 Å². The summed E-state index contributed by atoms with van der Waals surface area (Å²) < 4.78 is 5.25. The number of aliphatic carboxylic acids is 1. The highest BCUT2D eigenvalue weighted by Gasteiger charge is 2.24. The van der Waals surface area contributed by atoms with Gasteiger partial charge in [0.05, 0.1) is 13.5 Å². The van der Waals surface area contributed by atoms with Gasteiger partial charge in [-0.1, -0.05) is 19.9 Å². The van der Waals surface area contributed by atoms with Gasteiger partial charge in [0.2, 0.25) is 0 Å². The minimum Gasteiger partial charge on any atom is -0.496 e. The van der Waals surface area contributed by atoms with Crippen molar-refractivity contribution in [2.75, 3.05) is 13.4 Å². The lowest BCUT2D eigenvalue weighted by molar-refractivity contribution is -0.138. The van der Waals surface area contributed by atoms with Crippen LogP contribution in [0, 0.1) is 0 Å². The van der Waals surface area contributed by atoms with Crippen molar-refractivity contribution in [1.29, 1.82) is 0 Å². The molecular weight excluding hydrogens is 236 g/mol. The fourth-order valence-corrected chi connectivity index (χ4v) is 2.33. The number of carboxylic acids is 1. The molecule has 1 rings (SSSR count). The van der Waals surface area contributed by atoms with Gasteiger partial charge in [-0.3, -0.25) is 4.79 Å². The first-order chi connectivity index (χ1) is 7.90. The smallest absolute Gasteiger partial charge is 0.304 e. The van der Waals surface area contributed by atoms with Crippen LogP contribution in [0.3, 0.4) is 0 Å². The van der Waals surface area contributed by atoms with Crippen molar-refractivity contribution in [3.8, 4) is 5.75 Å². The Bertz CT molecular complexity index is 413. The van der Waals surface area contributed by atoms with Crippen LogP contribution in [-0.2, 0) is 10.2 Å². The monoisotopic (exact) mass is 254 g/mol. The summed E-state index contributed by atoms with van der Waals surface area (Å²) in [5, 5.41) is 8.91. The van der Waals surface area contributed by atoms with E-state index in [1.165, 1.54) is 0 Å². The highest BCUT2D eigenvalue weighted by atomic mass is 32.2. The van der Waals surface area contributed by atoms with Gasteiger partial charge in [0, 0.05) is 10.3 Å². The fourth-order valence-electron chi connectivity index (χ4n) is 1.74. The van der Waals surface area contributed by atoms with Crippen molar-refractivity contribution < 1.29 is 14.6 Å². The molecule has 0 aromatic heterocycles. The number of ether oxygens (including phenoxy) is 1. The van der Waals surface area contributed by atoms with Crippen molar-refractivity contribution >= 4 is 17.7 Å². The third-order valence-electron chi connectivity index (χ3n) is 2.76. The van der Waals surface area contributed by atoms with E-state index in [1.54, 1.807) is 18.9 Å². The minimum absolute atomic E-state index is 0.118. The second-order valence-electron chi connectivity index (χ2n) is 4.52. The van der Waals surface area contributed by atoms with E-state index >= 15 is 0 Å². The molecule has 0 aliphatic heterocycles. The van der Waals surface area contributed by atoms with Gasteiger partial charge in [0.1, 0.15) is 5.75 Å². The Morgan fingerprint density at radius 3 is 2.59 bits per heavy atom. The molecule has 0 unspecified atom stereocenters. The third kappa shape index (κ3) is 3.40. The van der Waals surface area contributed by atoms with E-state index in [9.17, 15) is 4.79 Å². The second kappa shape index (κ2) is 5.45. The summed E-state index contributed by atoms with van der Waals surface area (Å²) in [6.45, 7) is 3.88. The van der Waals surface area contributed by atoms with Gasteiger partial charge < -0.3 is 9.84 Å². The molecule has 1 aromatic carbocycles. The topological polar surface area (TPSA) is 46.5 Å². The van der Waals surface area contributed by atoms with E-state index in [4.69, 9.17) is 9.84 Å². The van der Waals surface area contributed by atoms with Crippen LogP contribution in [0.5, 0.6) is 5.75 Å². The van der Waals surface area contributed by atoms with Crippen molar-refractivity contribution in [2.45, 2.75) is 30.6 Å². The minimum atomic E-state index is -0.781. The molecule has 0 radical (unpaired) electrons.